The van der Waals surface area contributed by atoms with Gasteiger partial charge in [-0.25, -0.2) is 0 Å². The van der Waals surface area contributed by atoms with Crippen molar-refractivity contribution in [1.29, 1.82) is 0 Å². The van der Waals surface area contributed by atoms with Gasteiger partial charge in [-0.15, -0.1) is 0 Å². The molecule has 3 aromatic carbocycles. The molecule has 35 heavy (non-hydrogen) atoms. The zero-order valence-corrected chi connectivity index (χ0v) is 23.4. The largest absolute Gasteiger partial charge is 0.540 e. The van der Waals surface area contributed by atoms with Gasteiger partial charge in [-0.1, -0.05) is 71.9 Å². The summed E-state index contributed by atoms with van der Waals surface area (Å²) in [6.45, 7) is 16.5. The molecule has 0 unspecified atom stereocenters. The van der Waals surface area contributed by atoms with Crippen molar-refractivity contribution in [2.24, 2.45) is 0 Å². The molecule has 0 aliphatic carbocycles. The van der Waals surface area contributed by atoms with Crippen LogP contribution in [0.4, 0.5) is 0 Å². The van der Waals surface area contributed by atoms with Crippen LogP contribution in [0, 0.1) is 6.92 Å². The lowest BCUT2D eigenvalue weighted by Gasteiger charge is -2.42. The summed E-state index contributed by atoms with van der Waals surface area (Å²) in [5, 5.41) is 2.29. The van der Waals surface area contributed by atoms with Crippen molar-refractivity contribution in [2.75, 3.05) is 7.11 Å². The van der Waals surface area contributed by atoms with Crippen molar-refractivity contribution >= 4 is 30.1 Å². The van der Waals surface area contributed by atoms with Gasteiger partial charge in [0, 0.05) is 16.8 Å². The summed E-state index contributed by atoms with van der Waals surface area (Å²) in [4.78, 5) is 3.61. The number of H-pyrrole nitrogens is 1. The third-order valence-electron chi connectivity index (χ3n) is 7.42. The van der Waals surface area contributed by atoms with Crippen LogP contribution in [0.2, 0.25) is 16.6 Å². The number of aryl methyl sites for hydroxylation is 1. The summed E-state index contributed by atoms with van der Waals surface area (Å²) in [5.74, 6) is 2.50. The maximum Gasteiger partial charge on any atom is 0.258 e. The number of nitrogens with one attached hydrogen (secondary N) is 1. The Morgan fingerprint density at radius 2 is 1.46 bits per heavy atom. The van der Waals surface area contributed by atoms with E-state index in [0.717, 1.165) is 50.2 Å². The van der Waals surface area contributed by atoms with E-state index in [2.05, 4.69) is 89.8 Å². The number of benzene rings is 3. The van der Waals surface area contributed by atoms with Gasteiger partial charge < -0.3 is 18.9 Å². The third kappa shape index (κ3) is 4.54. The van der Waals surface area contributed by atoms with Gasteiger partial charge >= 0.3 is 0 Å². The number of hydrogen-bond donors (Lipinski definition) is 1. The first-order valence-electron chi connectivity index (χ1n) is 12.7. The molecule has 0 radical (unpaired) electrons. The first-order chi connectivity index (χ1) is 16.7. The summed E-state index contributed by atoms with van der Waals surface area (Å²) in [5.41, 5.74) is 5.72. The van der Waals surface area contributed by atoms with Crippen molar-refractivity contribution in [2.45, 2.75) is 71.7 Å². The summed E-state index contributed by atoms with van der Waals surface area (Å²) in [6.07, 6.45) is 0. The number of hydrogen-bond acceptors (Lipinski definition) is 3. The summed E-state index contributed by atoms with van der Waals surface area (Å²) in [6, 6.07) is 18.8. The average molecular weight is 490 g/mol. The topological polar surface area (TPSA) is 43.5 Å². The molecule has 0 saturated carbocycles. The fourth-order valence-corrected chi connectivity index (χ4v) is 11.0. The Hall–Kier alpha value is -2.92. The molecule has 0 atom stereocenters. The zero-order chi connectivity index (χ0) is 25.3. The Bertz CT molecular complexity index is 1290. The van der Waals surface area contributed by atoms with Crippen LogP contribution in [-0.2, 0) is 6.61 Å². The van der Waals surface area contributed by atoms with Crippen molar-refractivity contribution in [1.82, 2.24) is 4.98 Å². The van der Waals surface area contributed by atoms with Crippen molar-refractivity contribution in [3.8, 4) is 17.2 Å². The molecule has 0 amide bonds. The molecule has 186 valence electrons. The van der Waals surface area contributed by atoms with E-state index in [9.17, 15) is 0 Å². The van der Waals surface area contributed by atoms with Crippen LogP contribution in [0.25, 0.3) is 21.8 Å². The fourth-order valence-electron chi connectivity index (χ4n) is 5.78. The molecular weight excluding hydrogens is 450 g/mol. The van der Waals surface area contributed by atoms with E-state index in [1.54, 1.807) is 7.11 Å². The minimum Gasteiger partial charge on any atom is -0.540 e. The highest BCUT2D eigenvalue weighted by Gasteiger charge is 2.47. The molecule has 4 nitrogen and oxygen atoms in total. The van der Waals surface area contributed by atoms with Crippen LogP contribution in [-0.4, -0.2) is 20.4 Å². The molecule has 4 aromatic rings. The average Bonchev–Trinajstić information content (AvgIpc) is 3.17. The minimum atomic E-state index is -2.12. The van der Waals surface area contributed by atoms with Gasteiger partial charge in [-0.05, 0) is 52.9 Å². The van der Waals surface area contributed by atoms with Gasteiger partial charge in [0.1, 0.15) is 18.1 Å². The van der Waals surface area contributed by atoms with Crippen molar-refractivity contribution in [3.05, 3.63) is 65.7 Å². The lowest BCUT2D eigenvalue weighted by Crippen LogP contribution is -2.50. The maximum absolute atomic E-state index is 7.02. The Kier molecular flexibility index (Phi) is 7.18. The van der Waals surface area contributed by atoms with Crippen molar-refractivity contribution in [3.63, 3.8) is 0 Å². The Morgan fingerprint density at radius 3 is 2.06 bits per heavy atom. The summed E-state index contributed by atoms with van der Waals surface area (Å²) in [7, 11) is -0.385. The molecule has 0 fully saturated rings. The Balaban J connectivity index is 1.77. The highest BCUT2D eigenvalue weighted by molar-refractivity contribution is 6.78. The Morgan fingerprint density at radius 1 is 0.800 bits per heavy atom. The summed E-state index contributed by atoms with van der Waals surface area (Å²) < 4.78 is 19.2. The predicted octanol–water partition coefficient (Wildman–Crippen LogP) is 8.77. The molecule has 0 bridgehead atoms. The molecule has 0 saturated heterocycles. The van der Waals surface area contributed by atoms with Crippen LogP contribution >= 0.6 is 0 Å². The molecule has 1 heterocycles. The van der Waals surface area contributed by atoms with E-state index in [0.29, 0.717) is 23.2 Å². The van der Waals surface area contributed by atoms with Gasteiger partial charge in [0.05, 0.1) is 18.1 Å². The second-order valence-electron chi connectivity index (χ2n) is 10.5. The van der Waals surface area contributed by atoms with E-state index >= 15 is 0 Å². The van der Waals surface area contributed by atoms with Crippen LogP contribution in [0.15, 0.2) is 54.6 Å². The lowest BCUT2D eigenvalue weighted by atomic mass is 10.1. The van der Waals surface area contributed by atoms with Crippen LogP contribution in [0.5, 0.6) is 17.2 Å². The number of ether oxygens (including phenoxy) is 2. The maximum atomic E-state index is 7.02. The van der Waals surface area contributed by atoms with Crippen LogP contribution in [0.3, 0.4) is 0 Å². The fraction of sp³-hybridized carbons (Fsp3) is 0.400. The molecular formula is C30H39NO3Si. The standard InChI is InChI=1S/C30H39NO3Si/c1-19(2)35(20(3)4,21(5)6)34-27-15-14-24-25-16-22(7)28(33-18-23-12-10-9-11-13-23)17-26(25)31-29(24)30(27)32-8/h9-17,19-21,31H,18H2,1-8H3. The normalized spacial score (nSPS) is 12.3. The highest BCUT2D eigenvalue weighted by atomic mass is 28.4. The van der Waals surface area contributed by atoms with Gasteiger partial charge in [0.2, 0.25) is 0 Å². The minimum absolute atomic E-state index is 0.484. The Labute approximate surface area is 210 Å². The third-order valence-corrected chi connectivity index (χ3v) is 13.4. The highest BCUT2D eigenvalue weighted by Crippen LogP contribution is 2.47. The number of rotatable bonds is 9. The number of aromatic amines is 1. The SMILES string of the molecule is COc1c(O[Si](C(C)C)(C(C)C)C(C)C)ccc2c1[nH]c1cc(OCc3ccccc3)c(C)cc12. The smallest absolute Gasteiger partial charge is 0.258 e. The summed E-state index contributed by atoms with van der Waals surface area (Å²) >= 11 is 0. The van der Waals surface area contributed by atoms with Gasteiger partial charge in [0.15, 0.2) is 5.75 Å². The molecule has 0 aliphatic rings. The molecule has 4 rings (SSSR count). The van der Waals surface area contributed by atoms with E-state index < -0.39 is 8.32 Å². The van der Waals surface area contributed by atoms with E-state index in [4.69, 9.17) is 13.9 Å². The molecule has 1 N–H and O–H groups in total. The van der Waals surface area contributed by atoms with E-state index in [1.807, 2.05) is 18.2 Å². The first kappa shape index (κ1) is 25.2. The predicted molar refractivity (Wildman–Crippen MR) is 150 cm³/mol. The monoisotopic (exact) mass is 489 g/mol. The van der Waals surface area contributed by atoms with Gasteiger partial charge in [-0.3, -0.25) is 0 Å². The lowest BCUT2D eigenvalue weighted by molar-refractivity contribution is 0.304. The van der Waals surface area contributed by atoms with Crippen LogP contribution < -0.4 is 13.9 Å². The van der Waals surface area contributed by atoms with Gasteiger partial charge in [0.25, 0.3) is 8.32 Å². The van der Waals surface area contributed by atoms with E-state index in [1.165, 1.54) is 0 Å². The number of fused-ring (bicyclic) bond motifs is 3. The number of methoxy groups -OCH3 is 1. The van der Waals surface area contributed by atoms with Crippen LogP contribution in [0.1, 0.15) is 52.7 Å². The second-order valence-corrected chi connectivity index (χ2v) is 15.9. The molecule has 0 aliphatic heterocycles. The molecule has 1 aromatic heterocycles. The zero-order valence-electron chi connectivity index (χ0n) is 22.4. The molecule has 0 spiro atoms. The quantitative estimate of drug-likeness (QED) is 0.239. The first-order valence-corrected chi connectivity index (χ1v) is 14.8. The van der Waals surface area contributed by atoms with Gasteiger partial charge in [-0.2, -0.15) is 0 Å². The van der Waals surface area contributed by atoms with E-state index in [-0.39, 0.29) is 0 Å². The molecule has 5 heteroatoms. The second kappa shape index (κ2) is 9.98. The number of aromatic nitrogens is 1. The van der Waals surface area contributed by atoms with Crippen molar-refractivity contribution < 1.29 is 13.9 Å².